The molecule has 1 aromatic rings. The van der Waals surface area contributed by atoms with Gasteiger partial charge in [-0.3, -0.25) is 4.79 Å². The molecule has 2 aliphatic rings. The number of benzene rings is 1. The molecule has 2 fully saturated rings. The number of halogens is 1. The molecule has 0 spiro atoms. The Morgan fingerprint density at radius 3 is 2.77 bits per heavy atom. The largest absolute Gasteiger partial charge is 0.484 e. The van der Waals surface area contributed by atoms with Gasteiger partial charge >= 0.3 is 0 Å². The van der Waals surface area contributed by atoms with Crippen molar-refractivity contribution in [1.82, 2.24) is 4.90 Å². The molecule has 2 heterocycles. The lowest BCUT2D eigenvalue weighted by atomic mass is 10.1. The highest BCUT2D eigenvalue weighted by Gasteiger charge is 2.45. The molecule has 1 aromatic carbocycles. The summed E-state index contributed by atoms with van der Waals surface area (Å²) in [6.07, 6.45) is -0.418. The Morgan fingerprint density at radius 2 is 2.05 bits per heavy atom. The Kier molecular flexibility index (Phi) is 4.29. The first-order chi connectivity index (χ1) is 10.4. The summed E-state index contributed by atoms with van der Waals surface area (Å²) in [7, 11) is -3.14. The van der Waals surface area contributed by atoms with Gasteiger partial charge in [0.25, 0.3) is 5.91 Å². The number of morpholine rings is 1. The summed E-state index contributed by atoms with van der Waals surface area (Å²) >= 11 is 5.78. The molecule has 2 atom stereocenters. The highest BCUT2D eigenvalue weighted by molar-refractivity contribution is 7.91. The molecular formula is C14H16ClNO5S. The lowest BCUT2D eigenvalue weighted by Crippen LogP contribution is -2.54. The Labute approximate surface area is 133 Å². The van der Waals surface area contributed by atoms with Crippen molar-refractivity contribution in [3.8, 4) is 5.75 Å². The van der Waals surface area contributed by atoms with E-state index in [0.717, 1.165) is 0 Å². The number of amides is 1. The number of carbonyl (C=O) groups excluding carboxylic acids is 1. The van der Waals surface area contributed by atoms with Crippen molar-refractivity contribution in [2.45, 2.75) is 12.1 Å². The van der Waals surface area contributed by atoms with Gasteiger partial charge in [-0.15, -0.1) is 0 Å². The normalized spacial score (nSPS) is 26.5. The molecule has 0 aromatic heterocycles. The van der Waals surface area contributed by atoms with Gasteiger partial charge in [-0.05, 0) is 24.3 Å². The first-order valence-electron chi connectivity index (χ1n) is 6.94. The maximum atomic E-state index is 12.3. The molecule has 0 radical (unpaired) electrons. The van der Waals surface area contributed by atoms with Crippen LogP contribution >= 0.6 is 11.6 Å². The zero-order chi connectivity index (χ0) is 15.7. The number of ether oxygens (including phenoxy) is 2. The van der Waals surface area contributed by atoms with Crippen LogP contribution in [0.25, 0.3) is 0 Å². The number of hydrogen-bond acceptors (Lipinski definition) is 5. The van der Waals surface area contributed by atoms with Gasteiger partial charge in [0.2, 0.25) is 0 Å². The molecule has 2 unspecified atom stereocenters. The first-order valence-corrected chi connectivity index (χ1v) is 9.14. The summed E-state index contributed by atoms with van der Waals surface area (Å²) < 4.78 is 34.3. The maximum absolute atomic E-state index is 12.3. The van der Waals surface area contributed by atoms with E-state index < -0.39 is 22.0 Å². The van der Waals surface area contributed by atoms with E-state index in [2.05, 4.69) is 0 Å². The molecule has 0 aliphatic carbocycles. The number of carbonyl (C=O) groups is 1. The van der Waals surface area contributed by atoms with Crippen molar-refractivity contribution in [2.75, 3.05) is 31.3 Å². The van der Waals surface area contributed by atoms with Crippen LogP contribution in [0.5, 0.6) is 5.75 Å². The fourth-order valence-corrected chi connectivity index (χ4v) is 4.78. The highest BCUT2D eigenvalue weighted by Crippen LogP contribution is 2.25. The molecule has 0 N–H and O–H groups in total. The maximum Gasteiger partial charge on any atom is 0.260 e. The summed E-state index contributed by atoms with van der Waals surface area (Å²) in [6, 6.07) is 6.31. The second-order valence-corrected chi connectivity index (χ2v) is 7.97. The van der Waals surface area contributed by atoms with Gasteiger partial charge < -0.3 is 14.4 Å². The van der Waals surface area contributed by atoms with Crippen molar-refractivity contribution < 1.29 is 22.7 Å². The average molecular weight is 346 g/mol. The molecule has 0 saturated carbocycles. The van der Waals surface area contributed by atoms with Crippen molar-refractivity contribution >= 4 is 27.3 Å². The van der Waals surface area contributed by atoms with Crippen LogP contribution in [-0.4, -0.2) is 62.6 Å². The number of hydrogen-bond donors (Lipinski definition) is 0. The lowest BCUT2D eigenvalue weighted by Gasteiger charge is -2.36. The molecule has 1 amide bonds. The van der Waals surface area contributed by atoms with E-state index in [9.17, 15) is 13.2 Å². The van der Waals surface area contributed by atoms with Crippen molar-refractivity contribution in [2.24, 2.45) is 0 Å². The second-order valence-electron chi connectivity index (χ2n) is 5.38. The predicted octanol–water partition coefficient (Wildman–Crippen LogP) is 0.743. The van der Waals surface area contributed by atoms with Crippen LogP contribution in [0, 0.1) is 0 Å². The minimum Gasteiger partial charge on any atom is -0.484 e. The van der Waals surface area contributed by atoms with Crippen LogP contribution in [-0.2, 0) is 19.4 Å². The van der Waals surface area contributed by atoms with E-state index in [-0.39, 0.29) is 24.0 Å². The monoisotopic (exact) mass is 345 g/mol. The number of sulfone groups is 1. The Bertz CT molecular complexity index is 660. The summed E-state index contributed by atoms with van der Waals surface area (Å²) in [6.45, 7) is 0.605. The fraction of sp³-hybridized carbons (Fsp3) is 0.500. The van der Waals surface area contributed by atoms with Crippen LogP contribution in [0.1, 0.15) is 0 Å². The molecule has 0 bridgehead atoms. The first kappa shape index (κ1) is 15.6. The van der Waals surface area contributed by atoms with Crippen molar-refractivity contribution in [3.05, 3.63) is 29.3 Å². The summed E-state index contributed by atoms with van der Waals surface area (Å²) in [5, 5.41) is 0.589. The highest BCUT2D eigenvalue weighted by atomic mass is 35.5. The minimum absolute atomic E-state index is 0.0144. The van der Waals surface area contributed by atoms with Crippen LogP contribution < -0.4 is 4.74 Å². The van der Waals surface area contributed by atoms with Gasteiger partial charge in [-0.2, -0.15) is 0 Å². The minimum atomic E-state index is -3.14. The SMILES string of the molecule is O=C(COc1ccc(Cl)cc1)N1CCOC2CS(=O)(=O)CC21. The molecule has 8 heteroatoms. The van der Waals surface area contributed by atoms with E-state index in [1.54, 1.807) is 29.2 Å². The molecule has 120 valence electrons. The third-order valence-electron chi connectivity index (χ3n) is 3.83. The summed E-state index contributed by atoms with van der Waals surface area (Å²) in [4.78, 5) is 13.9. The Hall–Kier alpha value is -1.31. The van der Waals surface area contributed by atoms with E-state index in [1.165, 1.54) is 0 Å². The molecule has 3 rings (SSSR count). The number of fused-ring (bicyclic) bond motifs is 1. The average Bonchev–Trinajstić information content (AvgIpc) is 2.80. The quantitative estimate of drug-likeness (QED) is 0.808. The lowest BCUT2D eigenvalue weighted by molar-refractivity contribution is -0.144. The molecular weight excluding hydrogens is 330 g/mol. The fourth-order valence-electron chi connectivity index (χ4n) is 2.78. The smallest absolute Gasteiger partial charge is 0.260 e. The molecule has 6 nitrogen and oxygen atoms in total. The third kappa shape index (κ3) is 3.37. The Balaban J connectivity index is 1.63. The number of nitrogens with zero attached hydrogens (tertiary/aromatic N) is 1. The van der Waals surface area contributed by atoms with E-state index in [1.807, 2.05) is 0 Å². The predicted molar refractivity (Wildman–Crippen MR) is 80.8 cm³/mol. The standard InChI is InChI=1S/C14H16ClNO5S/c15-10-1-3-11(4-2-10)21-7-14(17)16-5-6-20-13-9-22(18,19)8-12(13)16/h1-4,12-13H,5-9H2. The van der Waals surface area contributed by atoms with E-state index in [0.29, 0.717) is 23.9 Å². The van der Waals surface area contributed by atoms with Crippen LogP contribution in [0.4, 0.5) is 0 Å². The van der Waals surface area contributed by atoms with Gasteiger partial charge in [0.1, 0.15) is 5.75 Å². The van der Waals surface area contributed by atoms with Crippen molar-refractivity contribution in [3.63, 3.8) is 0 Å². The molecule has 22 heavy (non-hydrogen) atoms. The Morgan fingerprint density at radius 1 is 1.32 bits per heavy atom. The van der Waals surface area contributed by atoms with Crippen LogP contribution in [0.15, 0.2) is 24.3 Å². The zero-order valence-corrected chi connectivity index (χ0v) is 13.3. The van der Waals surface area contributed by atoms with Crippen LogP contribution in [0.2, 0.25) is 5.02 Å². The number of rotatable bonds is 3. The van der Waals surface area contributed by atoms with Gasteiger partial charge in [0, 0.05) is 11.6 Å². The second kappa shape index (κ2) is 6.06. The van der Waals surface area contributed by atoms with Gasteiger partial charge in [-0.1, -0.05) is 11.6 Å². The molecule has 2 saturated heterocycles. The van der Waals surface area contributed by atoms with Crippen LogP contribution in [0.3, 0.4) is 0 Å². The van der Waals surface area contributed by atoms with E-state index in [4.69, 9.17) is 21.1 Å². The molecule has 2 aliphatic heterocycles. The van der Waals surface area contributed by atoms with Crippen molar-refractivity contribution in [1.29, 1.82) is 0 Å². The summed E-state index contributed by atoms with van der Waals surface area (Å²) in [5.41, 5.74) is 0. The van der Waals surface area contributed by atoms with E-state index >= 15 is 0 Å². The third-order valence-corrected chi connectivity index (χ3v) is 5.77. The van der Waals surface area contributed by atoms with Gasteiger partial charge in [0.15, 0.2) is 16.4 Å². The topological polar surface area (TPSA) is 72.9 Å². The summed E-state index contributed by atoms with van der Waals surface area (Å²) in [5.74, 6) is 0.260. The van der Waals surface area contributed by atoms with Gasteiger partial charge in [0.05, 0.1) is 30.3 Å². The van der Waals surface area contributed by atoms with Gasteiger partial charge in [-0.25, -0.2) is 8.42 Å². The zero-order valence-electron chi connectivity index (χ0n) is 11.8.